The lowest BCUT2D eigenvalue weighted by Crippen LogP contribution is -1.95. The van der Waals surface area contributed by atoms with Crippen molar-refractivity contribution >= 4 is 11.6 Å². The van der Waals surface area contributed by atoms with Crippen molar-refractivity contribution < 1.29 is 13.9 Å². The van der Waals surface area contributed by atoms with E-state index in [9.17, 15) is 8.78 Å². The summed E-state index contributed by atoms with van der Waals surface area (Å²) in [6.45, 7) is -0.455. The molecule has 5 heteroatoms. The van der Waals surface area contributed by atoms with E-state index in [1.807, 2.05) is 0 Å². The predicted octanol–water partition coefficient (Wildman–Crippen LogP) is 1.51. The third-order valence-corrected chi connectivity index (χ3v) is 1.46. The Bertz CT molecular complexity index is 280. The lowest BCUT2D eigenvalue weighted by atomic mass is 10.3. The van der Waals surface area contributed by atoms with E-state index in [0.717, 1.165) is 6.07 Å². The van der Waals surface area contributed by atoms with Crippen molar-refractivity contribution in [1.82, 2.24) is 4.98 Å². The standard InChI is InChI=1S/C6H4ClF2NO/c7-5-3(2-11)1-4(8)6(9)10-5/h1,11H,2H2. The minimum atomic E-state index is -1.26. The minimum Gasteiger partial charge on any atom is -0.392 e. The Morgan fingerprint density at radius 2 is 2.18 bits per heavy atom. The molecule has 0 spiro atoms. The molecule has 2 nitrogen and oxygen atoms in total. The molecule has 60 valence electrons. The Kier molecular flexibility index (Phi) is 2.36. The maximum Gasteiger partial charge on any atom is 0.250 e. The number of rotatable bonds is 1. The van der Waals surface area contributed by atoms with E-state index in [4.69, 9.17) is 16.7 Å². The van der Waals surface area contributed by atoms with Crippen LogP contribution in [-0.4, -0.2) is 10.1 Å². The Morgan fingerprint density at radius 3 is 2.73 bits per heavy atom. The highest BCUT2D eigenvalue weighted by Gasteiger charge is 2.08. The maximum absolute atomic E-state index is 12.3. The molecule has 0 atom stereocenters. The molecule has 0 aliphatic carbocycles. The molecule has 0 saturated heterocycles. The first-order valence-corrected chi connectivity index (χ1v) is 3.14. The summed E-state index contributed by atoms with van der Waals surface area (Å²) in [5.74, 6) is -2.37. The van der Waals surface area contributed by atoms with Crippen LogP contribution in [0.4, 0.5) is 8.78 Å². The van der Waals surface area contributed by atoms with Gasteiger partial charge in [-0.25, -0.2) is 9.37 Å². The van der Waals surface area contributed by atoms with Gasteiger partial charge in [-0.05, 0) is 6.07 Å². The van der Waals surface area contributed by atoms with Gasteiger partial charge in [-0.15, -0.1) is 0 Å². The normalized spacial score (nSPS) is 10.2. The molecule has 1 aromatic rings. The number of halogens is 3. The van der Waals surface area contributed by atoms with Gasteiger partial charge >= 0.3 is 0 Å². The van der Waals surface area contributed by atoms with Crippen LogP contribution >= 0.6 is 11.6 Å². The fourth-order valence-corrected chi connectivity index (χ4v) is 0.783. The summed E-state index contributed by atoms with van der Waals surface area (Å²) >= 11 is 5.32. The van der Waals surface area contributed by atoms with Gasteiger partial charge in [-0.1, -0.05) is 11.6 Å². The molecule has 0 unspecified atom stereocenters. The van der Waals surface area contributed by atoms with Crippen molar-refractivity contribution in [3.8, 4) is 0 Å². The zero-order chi connectivity index (χ0) is 8.43. The summed E-state index contributed by atoms with van der Waals surface area (Å²) in [6.07, 6.45) is 0. The molecule has 1 N–H and O–H groups in total. The van der Waals surface area contributed by atoms with Crippen molar-refractivity contribution in [2.24, 2.45) is 0 Å². The van der Waals surface area contributed by atoms with Gasteiger partial charge in [0, 0.05) is 5.56 Å². The molecular weight excluding hydrogens is 176 g/mol. The van der Waals surface area contributed by atoms with Crippen LogP contribution in [0.15, 0.2) is 6.07 Å². The van der Waals surface area contributed by atoms with Crippen molar-refractivity contribution in [2.75, 3.05) is 0 Å². The van der Waals surface area contributed by atoms with Crippen LogP contribution in [-0.2, 0) is 6.61 Å². The molecule has 0 aliphatic heterocycles. The lowest BCUT2D eigenvalue weighted by Gasteiger charge is -1.98. The summed E-state index contributed by atoms with van der Waals surface area (Å²) in [6, 6.07) is 0.810. The highest BCUT2D eigenvalue weighted by molar-refractivity contribution is 6.30. The lowest BCUT2D eigenvalue weighted by molar-refractivity contribution is 0.280. The van der Waals surface area contributed by atoms with Gasteiger partial charge in [0.1, 0.15) is 5.15 Å². The summed E-state index contributed by atoms with van der Waals surface area (Å²) in [5, 5.41) is 8.30. The largest absolute Gasteiger partial charge is 0.392 e. The SMILES string of the molecule is OCc1cc(F)c(F)nc1Cl. The molecule has 0 aromatic carbocycles. The Balaban J connectivity index is 3.21. The van der Waals surface area contributed by atoms with E-state index in [0.29, 0.717) is 0 Å². The zero-order valence-electron chi connectivity index (χ0n) is 5.31. The number of hydrogen-bond donors (Lipinski definition) is 1. The van der Waals surface area contributed by atoms with Gasteiger partial charge < -0.3 is 5.11 Å². The average Bonchev–Trinajstić information content (AvgIpc) is 1.97. The Hall–Kier alpha value is -0.740. The van der Waals surface area contributed by atoms with E-state index in [1.54, 1.807) is 0 Å². The van der Waals surface area contributed by atoms with Crippen LogP contribution in [0.2, 0.25) is 5.15 Å². The van der Waals surface area contributed by atoms with Crippen LogP contribution in [0.25, 0.3) is 0 Å². The number of aliphatic hydroxyl groups excluding tert-OH is 1. The van der Waals surface area contributed by atoms with Gasteiger partial charge in [-0.3, -0.25) is 0 Å². The second-order valence-corrected chi connectivity index (χ2v) is 2.23. The molecule has 0 radical (unpaired) electrons. The Labute approximate surface area is 66.4 Å². The molecule has 0 bridgehead atoms. The zero-order valence-corrected chi connectivity index (χ0v) is 6.07. The van der Waals surface area contributed by atoms with E-state index in [-0.39, 0.29) is 10.7 Å². The van der Waals surface area contributed by atoms with Crippen LogP contribution in [0, 0.1) is 11.8 Å². The van der Waals surface area contributed by atoms with Gasteiger partial charge in [0.05, 0.1) is 6.61 Å². The molecule has 1 rings (SSSR count). The first-order valence-electron chi connectivity index (χ1n) is 2.76. The van der Waals surface area contributed by atoms with E-state index < -0.39 is 18.4 Å². The quantitative estimate of drug-likeness (QED) is 0.663. The summed E-state index contributed by atoms with van der Waals surface area (Å²) in [4.78, 5) is 3.01. The fraction of sp³-hybridized carbons (Fsp3) is 0.167. The topological polar surface area (TPSA) is 33.1 Å². The fourth-order valence-electron chi connectivity index (χ4n) is 0.594. The third kappa shape index (κ3) is 1.64. The highest BCUT2D eigenvalue weighted by atomic mass is 35.5. The van der Waals surface area contributed by atoms with Crippen molar-refractivity contribution in [1.29, 1.82) is 0 Å². The van der Waals surface area contributed by atoms with Crippen molar-refractivity contribution in [3.05, 3.63) is 28.5 Å². The molecule has 1 aromatic heterocycles. The highest BCUT2D eigenvalue weighted by Crippen LogP contribution is 2.15. The minimum absolute atomic E-state index is 0.0746. The van der Waals surface area contributed by atoms with E-state index in [2.05, 4.69) is 4.98 Å². The van der Waals surface area contributed by atoms with Crippen LogP contribution in [0.5, 0.6) is 0 Å². The monoisotopic (exact) mass is 179 g/mol. The second kappa shape index (κ2) is 3.11. The third-order valence-electron chi connectivity index (χ3n) is 1.13. The van der Waals surface area contributed by atoms with Gasteiger partial charge in [0.2, 0.25) is 5.95 Å². The summed E-state index contributed by atoms with van der Waals surface area (Å²) in [5.41, 5.74) is 0.0746. The molecular formula is C6H4ClF2NO. The molecule has 0 amide bonds. The predicted molar refractivity (Wildman–Crippen MR) is 35.1 cm³/mol. The number of hydrogen-bond acceptors (Lipinski definition) is 2. The molecule has 11 heavy (non-hydrogen) atoms. The smallest absolute Gasteiger partial charge is 0.250 e. The molecule has 0 aliphatic rings. The molecule has 1 heterocycles. The summed E-state index contributed by atoms with van der Waals surface area (Å²) in [7, 11) is 0. The van der Waals surface area contributed by atoms with Crippen molar-refractivity contribution in [2.45, 2.75) is 6.61 Å². The Morgan fingerprint density at radius 1 is 1.55 bits per heavy atom. The van der Waals surface area contributed by atoms with Gasteiger partial charge in [0.25, 0.3) is 0 Å². The number of nitrogens with zero attached hydrogens (tertiary/aromatic N) is 1. The van der Waals surface area contributed by atoms with Crippen molar-refractivity contribution in [3.63, 3.8) is 0 Å². The van der Waals surface area contributed by atoms with E-state index in [1.165, 1.54) is 0 Å². The summed E-state index contributed by atoms with van der Waals surface area (Å²) < 4.78 is 24.6. The number of aromatic nitrogens is 1. The first kappa shape index (κ1) is 8.36. The average molecular weight is 180 g/mol. The van der Waals surface area contributed by atoms with Gasteiger partial charge in [0.15, 0.2) is 5.82 Å². The number of aliphatic hydroxyl groups is 1. The first-order chi connectivity index (χ1) is 5.15. The van der Waals surface area contributed by atoms with Crippen LogP contribution in [0.3, 0.4) is 0 Å². The van der Waals surface area contributed by atoms with Crippen LogP contribution < -0.4 is 0 Å². The van der Waals surface area contributed by atoms with Gasteiger partial charge in [-0.2, -0.15) is 4.39 Å². The maximum atomic E-state index is 12.3. The van der Waals surface area contributed by atoms with E-state index >= 15 is 0 Å². The second-order valence-electron chi connectivity index (χ2n) is 1.87. The molecule has 0 fully saturated rings. The molecule has 0 saturated carbocycles. The van der Waals surface area contributed by atoms with Crippen LogP contribution in [0.1, 0.15) is 5.56 Å². The number of pyridine rings is 1.